The van der Waals surface area contributed by atoms with E-state index in [1.165, 1.54) is 21.8 Å². The van der Waals surface area contributed by atoms with Crippen molar-refractivity contribution >= 4 is 17.2 Å². The van der Waals surface area contributed by atoms with E-state index in [0.717, 1.165) is 4.88 Å². The van der Waals surface area contributed by atoms with E-state index in [0.29, 0.717) is 12.8 Å². The monoisotopic (exact) mass is 225 g/mol. The van der Waals surface area contributed by atoms with Gasteiger partial charge in [-0.05, 0) is 38.3 Å². The maximum atomic E-state index is 11.7. The lowest BCUT2D eigenvalue weighted by atomic mass is 9.89. The molecule has 0 spiro atoms. The molecule has 1 heterocycles. The van der Waals surface area contributed by atoms with Crippen molar-refractivity contribution in [2.75, 3.05) is 0 Å². The Hall–Kier alpha value is -0.870. The predicted octanol–water partition coefficient (Wildman–Crippen LogP) is 1.62. The van der Waals surface area contributed by atoms with Gasteiger partial charge in [-0.3, -0.25) is 4.79 Å². The molecule has 0 saturated heterocycles. The highest BCUT2D eigenvalue weighted by molar-refractivity contribution is 7.14. The fraction of sp³-hybridized carbons (Fsp3) is 0.545. The third kappa shape index (κ3) is 2.21. The summed E-state index contributed by atoms with van der Waals surface area (Å²) in [4.78, 5) is 13.7. The van der Waals surface area contributed by atoms with E-state index in [1.807, 2.05) is 19.9 Å². The van der Waals surface area contributed by atoms with Gasteiger partial charge in [-0.25, -0.2) is 0 Å². The van der Waals surface area contributed by atoms with Crippen LogP contribution < -0.4 is 5.32 Å². The van der Waals surface area contributed by atoms with Crippen LogP contribution in [0.1, 0.15) is 33.0 Å². The summed E-state index contributed by atoms with van der Waals surface area (Å²) in [5.74, 6) is -0.00639. The van der Waals surface area contributed by atoms with Crippen LogP contribution >= 0.6 is 11.3 Å². The number of aliphatic hydroxyl groups is 1. The van der Waals surface area contributed by atoms with Crippen molar-refractivity contribution < 1.29 is 9.90 Å². The van der Waals surface area contributed by atoms with Gasteiger partial charge < -0.3 is 10.4 Å². The van der Waals surface area contributed by atoms with E-state index >= 15 is 0 Å². The fourth-order valence-corrected chi connectivity index (χ4v) is 2.58. The molecule has 2 rings (SSSR count). The van der Waals surface area contributed by atoms with Gasteiger partial charge in [0.25, 0.3) is 5.91 Å². The Kier molecular flexibility index (Phi) is 2.80. The molecule has 0 aliphatic heterocycles. The number of nitrogens with one attached hydrogen (secondary N) is 1. The van der Waals surface area contributed by atoms with Gasteiger partial charge in [0.1, 0.15) is 0 Å². The summed E-state index contributed by atoms with van der Waals surface area (Å²) in [5.41, 5.74) is 1.17. The van der Waals surface area contributed by atoms with Crippen molar-refractivity contribution in [1.29, 1.82) is 0 Å². The lowest BCUT2D eigenvalue weighted by Gasteiger charge is -2.31. The highest BCUT2D eigenvalue weighted by Gasteiger charge is 2.28. The lowest BCUT2D eigenvalue weighted by Crippen LogP contribution is -2.46. The van der Waals surface area contributed by atoms with Crippen LogP contribution in [0.5, 0.6) is 0 Å². The Bertz CT molecular complexity index is 360. The molecular weight excluding hydrogens is 210 g/mol. The van der Waals surface area contributed by atoms with Gasteiger partial charge in [-0.2, -0.15) is 0 Å². The second kappa shape index (κ2) is 3.94. The third-order valence-corrected chi connectivity index (χ3v) is 3.99. The molecule has 0 unspecified atom stereocenters. The summed E-state index contributed by atoms with van der Waals surface area (Å²) in [6.45, 7) is 4.03. The maximum absolute atomic E-state index is 11.7. The number of aliphatic hydroxyl groups excluding tert-OH is 1. The minimum absolute atomic E-state index is 0.00639. The molecule has 1 fully saturated rings. The zero-order valence-electron chi connectivity index (χ0n) is 8.91. The van der Waals surface area contributed by atoms with E-state index in [4.69, 9.17) is 5.11 Å². The average Bonchev–Trinajstić information content (AvgIpc) is 2.44. The lowest BCUT2D eigenvalue weighted by molar-refractivity contribution is 0.0564. The van der Waals surface area contributed by atoms with E-state index in [2.05, 4.69) is 5.32 Å². The molecule has 82 valence electrons. The van der Waals surface area contributed by atoms with Crippen molar-refractivity contribution in [3.05, 3.63) is 21.4 Å². The molecule has 1 aromatic rings. The Morgan fingerprint density at radius 1 is 1.53 bits per heavy atom. The van der Waals surface area contributed by atoms with Crippen LogP contribution in [0.25, 0.3) is 0 Å². The summed E-state index contributed by atoms with van der Waals surface area (Å²) in [6, 6.07) is 2.08. The van der Waals surface area contributed by atoms with Gasteiger partial charge in [0.05, 0.1) is 11.0 Å². The SMILES string of the molecule is Cc1cc(C(=O)NC2CC(O)C2)sc1C. The molecule has 15 heavy (non-hydrogen) atoms. The van der Waals surface area contributed by atoms with Gasteiger partial charge in [0.2, 0.25) is 0 Å². The molecule has 0 atom stereocenters. The van der Waals surface area contributed by atoms with E-state index in [1.54, 1.807) is 0 Å². The van der Waals surface area contributed by atoms with Crippen LogP contribution in [0.15, 0.2) is 6.07 Å². The molecule has 0 aromatic carbocycles. The number of hydrogen-bond acceptors (Lipinski definition) is 3. The number of thiophene rings is 1. The van der Waals surface area contributed by atoms with E-state index < -0.39 is 0 Å². The first-order chi connectivity index (χ1) is 7.06. The molecule has 0 radical (unpaired) electrons. The summed E-state index contributed by atoms with van der Waals surface area (Å²) in [6.07, 6.45) is 1.16. The number of aryl methyl sites for hydroxylation is 2. The average molecular weight is 225 g/mol. The van der Waals surface area contributed by atoms with Gasteiger partial charge in [-0.1, -0.05) is 0 Å². The van der Waals surface area contributed by atoms with Crippen LogP contribution in [0.4, 0.5) is 0 Å². The molecule has 1 aliphatic carbocycles. The first-order valence-electron chi connectivity index (χ1n) is 5.12. The zero-order chi connectivity index (χ0) is 11.0. The Balaban J connectivity index is 1.96. The smallest absolute Gasteiger partial charge is 0.261 e. The molecular formula is C11H15NO2S. The maximum Gasteiger partial charge on any atom is 0.261 e. The van der Waals surface area contributed by atoms with Crippen molar-refractivity contribution in [1.82, 2.24) is 5.32 Å². The fourth-order valence-electron chi connectivity index (χ4n) is 1.65. The van der Waals surface area contributed by atoms with Crippen LogP contribution in [0, 0.1) is 13.8 Å². The quantitative estimate of drug-likeness (QED) is 0.803. The van der Waals surface area contributed by atoms with Crippen LogP contribution in [0.2, 0.25) is 0 Å². The minimum Gasteiger partial charge on any atom is -0.393 e. The Labute approximate surface area is 93.1 Å². The Morgan fingerprint density at radius 3 is 2.67 bits per heavy atom. The molecule has 2 N–H and O–H groups in total. The number of hydrogen-bond donors (Lipinski definition) is 2. The second-order valence-corrected chi connectivity index (χ2v) is 5.40. The first kappa shape index (κ1) is 10.6. The zero-order valence-corrected chi connectivity index (χ0v) is 9.73. The summed E-state index contributed by atoms with van der Waals surface area (Å²) in [7, 11) is 0. The number of amides is 1. The molecule has 1 saturated carbocycles. The number of rotatable bonds is 2. The van der Waals surface area contributed by atoms with Gasteiger partial charge in [0.15, 0.2) is 0 Å². The molecule has 1 aliphatic rings. The van der Waals surface area contributed by atoms with E-state index in [9.17, 15) is 4.79 Å². The van der Waals surface area contributed by atoms with Crippen molar-refractivity contribution in [3.8, 4) is 0 Å². The molecule has 0 bridgehead atoms. The standard InChI is InChI=1S/C11H15NO2S/c1-6-3-10(15-7(6)2)11(14)12-8-4-9(13)5-8/h3,8-9,13H,4-5H2,1-2H3,(H,12,14). The van der Waals surface area contributed by atoms with Crippen LogP contribution in [-0.2, 0) is 0 Å². The third-order valence-electron chi connectivity index (χ3n) is 2.84. The van der Waals surface area contributed by atoms with Crippen molar-refractivity contribution in [3.63, 3.8) is 0 Å². The van der Waals surface area contributed by atoms with Crippen molar-refractivity contribution in [2.45, 2.75) is 38.8 Å². The summed E-state index contributed by atoms with van der Waals surface area (Å²) < 4.78 is 0. The first-order valence-corrected chi connectivity index (χ1v) is 5.94. The van der Waals surface area contributed by atoms with Gasteiger partial charge in [0, 0.05) is 10.9 Å². The summed E-state index contributed by atoms with van der Waals surface area (Å²) >= 11 is 1.53. The molecule has 4 heteroatoms. The molecule has 3 nitrogen and oxygen atoms in total. The highest BCUT2D eigenvalue weighted by atomic mass is 32.1. The highest BCUT2D eigenvalue weighted by Crippen LogP contribution is 2.23. The second-order valence-electron chi connectivity index (χ2n) is 4.15. The van der Waals surface area contributed by atoms with Crippen molar-refractivity contribution in [2.24, 2.45) is 0 Å². The number of carbonyl (C=O) groups excluding carboxylic acids is 1. The van der Waals surface area contributed by atoms with Crippen LogP contribution in [0.3, 0.4) is 0 Å². The summed E-state index contributed by atoms with van der Waals surface area (Å²) in [5, 5.41) is 12.0. The minimum atomic E-state index is -0.220. The predicted molar refractivity (Wildman–Crippen MR) is 60.3 cm³/mol. The Morgan fingerprint density at radius 2 is 2.20 bits per heavy atom. The normalized spacial score (nSPS) is 24.7. The van der Waals surface area contributed by atoms with Gasteiger partial charge >= 0.3 is 0 Å². The molecule has 1 amide bonds. The molecule has 1 aromatic heterocycles. The largest absolute Gasteiger partial charge is 0.393 e. The topological polar surface area (TPSA) is 49.3 Å². The van der Waals surface area contributed by atoms with Crippen LogP contribution in [-0.4, -0.2) is 23.2 Å². The van der Waals surface area contributed by atoms with E-state index in [-0.39, 0.29) is 18.1 Å². The number of carbonyl (C=O) groups is 1. The van der Waals surface area contributed by atoms with Gasteiger partial charge in [-0.15, -0.1) is 11.3 Å².